The molecule has 1 spiro atoms. The SMILES string of the molecule is c1ccc2c(c1)Oc1c(Nc3ccc4oc5ccccc5c4c3)cccc1C21c2ccccc2-c2ccccc21. The smallest absolute Gasteiger partial charge is 0.155 e. The molecule has 3 nitrogen and oxygen atoms in total. The second-order valence-corrected chi connectivity index (χ2v) is 10.6. The summed E-state index contributed by atoms with van der Waals surface area (Å²) >= 11 is 0. The standard InChI is InChI=1S/C37H23NO2/c1-4-13-28-24(10-1)25-11-2-5-14-29(25)37(28)30-15-6-8-19-35(30)40-36-31(37)16-9-17-32(36)38-23-20-21-34-27(22-23)26-12-3-7-18-33(26)39-34/h1-22,38H. The Kier molecular flexibility index (Phi) is 4.26. The summed E-state index contributed by atoms with van der Waals surface area (Å²) in [6.07, 6.45) is 0. The number of para-hydroxylation sites is 3. The van der Waals surface area contributed by atoms with Crippen molar-refractivity contribution in [2.45, 2.75) is 5.41 Å². The first-order valence-corrected chi connectivity index (χ1v) is 13.6. The maximum absolute atomic E-state index is 6.76. The quantitative estimate of drug-likeness (QED) is 0.250. The summed E-state index contributed by atoms with van der Waals surface area (Å²) in [4.78, 5) is 0. The normalized spacial score (nSPS) is 13.9. The lowest BCUT2D eigenvalue weighted by molar-refractivity contribution is 0.438. The molecule has 2 aliphatic rings. The van der Waals surface area contributed by atoms with E-state index in [0.29, 0.717) is 0 Å². The van der Waals surface area contributed by atoms with Crippen LogP contribution in [0.5, 0.6) is 11.5 Å². The summed E-state index contributed by atoms with van der Waals surface area (Å²) in [5, 5.41) is 5.90. The highest BCUT2D eigenvalue weighted by molar-refractivity contribution is 6.06. The van der Waals surface area contributed by atoms with Gasteiger partial charge in [-0.05, 0) is 58.7 Å². The Morgan fingerprint density at radius 1 is 0.500 bits per heavy atom. The number of rotatable bonds is 2. The zero-order chi connectivity index (χ0) is 26.3. The van der Waals surface area contributed by atoms with Crippen LogP contribution in [0.15, 0.2) is 138 Å². The summed E-state index contributed by atoms with van der Waals surface area (Å²) in [6.45, 7) is 0. The molecule has 0 saturated heterocycles. The van der Waals surface area contributed by atoms with Crippen LogP contribution in [0.4, 0.5) is 11.4 Å². The molecule has 40 heavy (non-hydrogen) atoms. The van der Waals surface area contributed by atoms with Gasteiger partial charge in [0.05, 0.1) is 11.1 Å². The Labute approximate surface area is 231 Å². The Morgan fingerprint density at radius 3 is 1.98 bits per heavy atom. The van der Waals surface area contributed by atoms with Crippen LogP contribution >= 0.6 is 0 Å². The fourth-order valence-corrected chi connectivity index (χ4v) is 6.94. The highest BCUT2D eigenvalue weighted by Gasteiger charge is 2.51. The molecular formula is C37H23NO2. The molecule has 0 amide bonds. The van der Waals surface area contributed by atoms with Crippen LogP contribution in [0.25, 0.3) is 33.1 Å². The van der Waals surface area contributed by atoms with Crippen molar-refractivity contribution in [1.29, 1.82) is 0 Å². The van der Waals surface area contributed by atoms with Gasteiger partial charge >= 0.3 is 0 Å². The van der Waals surface area contributed by atoms with Crippen molar-refractivity contribution in [3.63, 3.8) is 0 Å². The molecule has 1 aromatic heterocycles. The third-order valence-electron chi connectivity index (χ3n) is 8.53. The number of hydrogen-bond donors (Lipinski definition) is 1. The van der Waals surface area contributed by atoms with Gasteiger partial charge < -0.3 is 14.5 Å². The van der Waals surface area contributed by atoms with Gasteiger partial charge in [0.25, 0.3) is 0 Å². The summed E-state index contributed by atoms with van der Waals surface area (Å²) in [6, 6.07) is 47.0. The highest BCUT2D eigenvalue weighted by atomic mass is 16.5. The largest absolute Gasteiger partial charge is 0.456 e. The summed E-state index contributed by atoms with van der Waals surface area (Å²) in [5.74, 6) is 1.73. The summed E-state index contributed by atoms with van der Waals surface area (Å²) in [5.41, 5.74) is 10.7. The lowest BCUT2D eigenvalue weighted by Gasteiger charge is -2.40. The first-order valence-electron chi connectivity index (χ1n) is 13.6. The summed E-state index contributed by atoms with van der Waals surface area (Å²) < 4.78 is 12.8. The van der Waals surface area contributed by atoms with Crippen molar-refractivity contribution in [3.05, 3.63) is 156 Å². The molecule has 1 N–H and O–H groups in total. The number of anilines is 2. The molecule has 0 unspecified atom stereocenters. The minimum atomic E-state index is -0.472. The molecule has 7 aromatic rings. The second-order valence-electron chi connectivity index (χ2n) is 10.6. The molecular weight excluding hydrogens is 490 g/mol. The van der Waals surface area contributed by atoms with Gasteiger partial charge in [-0.3, -0.25) is 0 Å². The first kappa shape index (κ1) is 21.6. The second kappa shape index (κ2) is 7.87. The van der Waals surface area contributed by atoms with Crippen molar-refractivity contribution < 1.29 is 9.15 Å². The maximum atomic E-state index is 6.76. The van der Waals surface area contributed by atoms with E-state index in [9.17, 15) is 0 Å². The topological polar surface area (TPSA) is 34.4 Å². The molecule has 0 bridgehead atoms. The summed E-state index contributed by atoms with van der Waals surface area (Å²) in [7, 11) is 0. The third-order valence-corrected chi connectivity index (χ3v) is 8.53. The van der Waals surface area contributed by atoms with Crippen LogP contribution < -0.4 is 10.1 Å². The van der Waals surface area contributed by atoms with Crippen molar-refractivity contribution in [1.82, 2.24) is 0 Å². The van der Waals surface area contributed by atoms with E-state index in [1.54, 1.807) is 0 Å². The van der Waals surface area contributed by atoms with Crippen LogP contribution in [0.3, 0.4) is 0 Å². The average molecular weight is 514 g/mol. The van der Waals surface area contributed by atoms with Gasteiger partial charge in [0.1, 0.15) is 16.9 Å². The number of furan rings is 1. The molecule has 0 atom stereocenters. The van der Waals surface area contributed by atoms with Crippen LogP contribution in [-0.4, -0.2) is 0 Å². The van der Waals surface area contributed by atoms with E-state index >= 15 is 0 Å². The number of hydrogen-bond acceptors (Lipinski definition) is 3. The minimum absolute atomic E-state index is 0.472. The molecule has 0 saturated carbocycles. The Morgan fingerprint density at radius 2 is 1.15 bits per heavy atom. The average Bonchev–Trinajstić information content (AvgIpc) is 3.52. The predicted octanol–water partition coefficient (Wildman–Crippen LogP) is 9.80. The molecule has 3 heteroatoms. The number of fused-ring (bicyclic) bond motifs is 12. The van der Waals surface area contributed by atoms with E-state index in [2.05, 4.69) is 115 Å². The Hall–Kier alpha value is -5.28. The molecule has 9 rings (SSSR count). The third kappa shape index (κ3) is 2.73. The van der Waals surface area contributed by atoms with Crippen LogP contribution in [-0.2, 0) is 5.41 Å². The molecule has 0 radical (unpaired) electrons. The van der Waals surface area contributed by atoms with E-state index in [1.165, 1.54) is 27.8 Å². The van der Waals surface area contributed by atoms with Gasteiger partial charge in [-0.2, -0.15) is 0 Å². The fourth-order valence-electron chi connectivity index (χ4n) is 6.94. The van der Waals surface area contributed by atoms with E-state index in [-0.39, 0.29) is 0 Å². The lowest BCUT2D eigenvalue weighted by Crippen LogP contribution is -2.32. The zero-order valence-electron chi connectivity index (χ0n) is 21.5. The van der Waals surface area contributed by atoms with E-state index in [0.717, 1.165) is 50.4 Å². The van der Waals surface area contributed by atoms with Crippen molar-refractivity contribution in [2.24, 2.45) is 0 Å². The molecule has 1 aliphatic carbocycles. The van der Waals surface area contributed by atoms with Gasteiger partial charge in [-0.15, -0.1) is 0 Å². The number of benzene rings is 6. The molecule has 6 aromatic carbocycles. The first-order chi connectivity index (χ1) is 19.8. The van der Waals surface area contributed by atoms with Crippen LogP contribution in [0.2, 0.25) is 0 Å². The molecule has 0 fully saturated rings. The van der Waals surface area contributed by atoms with E-state index in [4.69, 9.17) is 9.15 Å². The van der Waals surface area contributed by atoms with Crippen LogP contribution in [0, 0.1) is 0 Å². The fraction of sp³-hybridized carbons (Fsp3) is 0.0270. The molecule has 1 aliphatic heterocycles. The van der Waals surface area contributed by atoms with E-state index < -0.39 is 5.41 Å². The van der Waals surface area contributed by atoms with Crippen molar-refractivity contribution in [3.8, 4) is 22.6 Å². The van der Waals surface area contributed by atoms with Gasteiger partial charge in [-0.25, -0.2) is 0 Å². The number of ether oxygens (including phenoxy) is 1. The van der Waals surface area contributed by atoms with Gasteiger partial charge in [0.15, 0.2) is 5.75 Å². The highest BCUT2D eigenvalue weighted by Crippen LogP contribution is 2.63. The maximum Gasteiger partial charge on any atom is 0.155 e. The Balaban J connectivity index is 1.28. The zero-order valence-corrected chi connectivity index (χ0v) is 21.5. The molecule has 2 heterocycles. The lowest BCUT2D eigenvalue weighted by atomic mass is 9.66. The van der Waals surface area contributed by atoms with E-state index in [1.807, 2.05) is 24.3 Å². The van der Waals surface area contributed by atoms with Crippen molar-refractivity contribution in [2.75, 3.05) is 5.32 Å². The molecule has 188 valence electrons. The predicted molar refractivity (Wildman–Crippen MR) is 161 cm³/mol. The van der Waals surface area contributed by atoms with Crippen LogP contribution in [0.1, 0.15) is 22.3 Å². The minimum Gasteiger partial charge on any atom is -0.456 e. The van der Waals surface area contributed by atoms with Gasteiger partial charge in [-0.1, -0.05) is 97.1 Å². The monoisotopic (exact) mass is 513 g/mol. The van der Waals surface area contributed by atoms with Gasteiger partial charge in [0, 0.05) is 27.6 Å². The van der Waals surface area contributed by atoms with Gasteiger partial charge in [0.2, 0.25) is 0 Å². The Bertz CT molecular complexity index is 2090. The number of nitrogens with one attached hydrogen (secondary N) is 1. The van der Waals surface area contributed by atoms with Crippen molar-refractivity contribution >= 4 is 33.3 Å².